The van der Waals surface area contributed by atoms with Gasteiger partial charge in [0.05, 0.1) is 17.1 Å². The second-order valence-corrected chi connectivity index (χ2v) is 3.41. The fourth-order valence-corrected chi connectivity index (χ4v) is 1.55. The van der Waals surface area contributed by atoms with Crippen molar-refractivity contribution >= 4 is 17.6 Å². The molecule has 0 aromatic carbocycles. The molecule has 16 heavy (non-hydrogen) atoms. The van der Waals surface area contributed by atoms with Gasteiger partial charge >= 0.3 is 5.97 Å². The van der Waals surface area contributed by atoms with Gasteiger partial charge in [0, 0.05) is 18.3 Å². The fourth-order valence-electron chi connectivity index (χ4n) is 1.24. The van der Waals surface area contributed by atoms with Crippen LogP contribution in [0, 0.1) is 0 Å². The van der Waals surface area contributed by atoms with Gasteiger partial charge in [-0.2, -0.15) is 0 Å². The van der Waals surface area contributed by atoms with Crippen LogP contribution in [0.2, 0.25) is 5.02 Å². The van der Waals surface area contributed by atoms with Crippen LogP contribution in [-0.2, 0) is 17.8 Å². The molecule has 0 saturated carbocycles. The minimum atomic E-state index is -2.81. The first-order chi connectivity index (χ1) is 7.47. The quantitative estimate of drug-likeness (QED) is 0.854. The molecule has 1 rings (SSSR count). The molecule has 0 aliphatic carbocycles. The van der Waals surface area contributed by atoms with E-state index in [2.05, 4.69) is 4.98 Å². The standard InChI is InChI=1S/C9H9ClF2N2O2/c10-8-4(1-7(15)16)5(9(11)12)3-14-6(8)2-13/h3,9H,1-2,13H2,(H,15,16). The maximum Gasteiger partial charge on any atom is 0.307 e. The average Bonchev–Trinajstić information content (AvgIpc) is 2.19. The number of nitrogens with zero attached hydrogens (tertiary/aromatic N) is 1. The van der Waals surface area contributed by atoms with E-state index < -0.39 is 24.4 Å². The smallest absolute Gasteiger partial charge is 0.307 e. The summed E-state index contributed by atoms with van der Waals surface area (Å²) in [6.07, 6.45) is -2.48. The normalized spacial score (nSPS) is 10.8. The molecule has 0 spiro atoms. The lowest BCUT2D eigenvalue weighted by molar-refractivity contribution is -0.136. The zero-order chi connectivity index (χ0) is 12.3. The number of hydrogen-bond acceptors (Lipinski definition) is 3. The Labute approximate surface area is 95.0 Å². The summed E-state index contributed by atoms with van der Waals surface area (Å²) in [7, 11) is 0. The van der Waals surface area contributed by atoms with Crippen molar-refractivity contribution < 1.29 is 18.7 Å². The van der Waals surface area contributed by atoms with Crippen LogP contribution in [0.3, 0.4) is 0 Å². The van der Waals surface area contributed by atoms with E-state index in [0.29, 0.717) is 0 Å². The summed E-state index contributed by atoms with van der Waals surface area (Å²) in [5.41, 5.74) is 4.91. The molecule has 0 fully saturated rings. The van der Waals surface area contributed by atoms with Crippen molar-refractivity contribution in [3.63, 3.8) is 0 Å². The second kappa shape index (κ2) is 5.18. The van der Waals surface area contributed by atoms with Crippen LogP contribution in [0.15, 0.2) is 6.20 Å². The Morgan fingerprint density at radius 2 is 2.25 bits per heavy atom. The van der Waals surface area contributed by atoms with E-state index in [-0.39, 0.29) is 22.8 Å². The van der Waals surface area contributed by atoms with Gasteiger partial charge < -0.3 is 10.8 Å². The summed E-state index contributed by atoms with van der Waals surface area (Å²) in [6.45, 7) is -0.0328. The Hall–Kier alpha value is -1.27. The largest absolute Gasteiger partial charge is 0.481 e. The van der Waals surface area contributed by atoms with E-state index in [1.54, 1.807) is 0 Å². The van der Waals surface area contributed by atoms with Gasteiger partial charge in [-0.3, -0.25) is 9.78 Å². The van der Waals surface area contributed by atoms with Crippen LogP contribution in [-0.4, -0.2) is 16.1 Å². The van der Waals surface area contributed by atoms with Gasteiger partial charge in [-0.25, -0.2) is 8.78 Å². The highest BCUT2D eigenvalue weighted by Gasteiger charge is 2.20. The molecule has 0 unspecified atom stereocenters. The summed E-state index contributed by atoms with van der Waals surface area (Å²) in [5, 5.41) is 8.51. The van der Waals surface area contributed by atoms with Gasteiger partial charge in [0.25, 0.3) is 6.43 Å². The molecule has 1 aromatic rings. The van der Waals surface area contributed by atoms with Crippen LogP contribution in [0.5, 0.6) is 0 Å². The lowest BCUT2D eigenvalue weighted by Crippen LogP contribution is -2.10. The number of aliphatic carboxylic acids is 1. The molecule has 0 atom stereocenters. The van der Waals surface area contributed by atoms with Gasteiger partial charge in [-0.05, 0) is 5.56 Å². The fraction of sp³-hybridized carbons (Fsp3) is 0.333. The van der Waals surface area contributed by atoms with Gasteiger partial charge in [-0.1, -0.05) is 11.6 Å². The van der Waals surface area contributed by atoms with Gasteiger partial charge in [0.15, 0.2) is 0 Å². The molecule has 1 heterocycles. The maximum absolute atomic E-state index is 12.6. The van der Waals surface area contributed by atoms with Gasteiger partial charge in [0.1, 0.15) is 0 Å². The molecular weight excluding hydrogens is 242 g/mol. The highest BCUT2D eigenvalue weighted by atomic mass is 35.5. The summed E-state index contributed by atoms with van der Waals surface area (Å²) >= 11 is 5.76. The first-order valence-corrected chi connectivity index (χ1v) is 4.71. The number of carboxylic acid groups (broad SMARTS) is 1. The van der Waals surface area contributed by atoms with E-state index in [1.165, 1.54) is 0 Å². The summed E-state index contributed by atoms with van der Waals surface area (Å²) in [4.78, 5) is 14.2. The SMILES string of the molecule is NCc1ncc(C(F)F)c(CC(=O)O)c1Cl. The van der Waals surface area contributed by atoms with Crippen molar-refractivity contribution in [2.45, 2.75) is 19.4 Å². The summed E-state index contributed by atoms with van der Waals surface area (Å²) in [6, 6.07) is 0. The molecule has 0 saturated heterocycles. The summed E-state index contributed by atoms with van der Waals surface area (Å²) in [5.74, 6) is -1.24. The van der Waals surface area contributed by atoms with E-state index in [4.69, 9.17) is 22.4 Å². The van der Waals surface area contributed by atoms with Crippen LogP contribution in [0.4, 0.5) is 8.78 Å². The van der Waals surface area contributed by atoms with Crippen molar-refractivity contribution in [3.8, 4) is 0 Å². The van der Waals surface area contributed by atoms with Crippen LogP contribution >= 0.6 is 11.6 Å². The van der Waals surface area contributed by atoms with Gasteiger partial charge in [0.2, 0.25) is 0 Å². The predicted molar refractivity (Wildman–Crippen MR) is 53.4 cm³/mol. The number of aromatic nitrogens is 1. The Balaban J connectivity index is 3.30. The third-order valence-corrected chi connectivity index (χ3v) is 2.43. The average molecular weight is 251 g/mol. The van der Waals surface area contributed by atoms with E-state index >= 15 is 0 Å². The number of pyridine rings is 1. The molecule has 1 aromatic heterocycles. The number of nitrogens with two attached hydrogens (primary N) is 1. The summed E-state index contributed by atoms with van der Waals surface area (Å²) < 4.78 is 25.1. The second-order valence-electron chi connectivity index (χ2n) is 3.03. The third-order valence-electron chi connectivity index (χ3n) is 1.98. The molecule has 7 heteroatoms. The Kier molecular flexibility index (Phi) is 4.14. The molecule has 3 N–H and O–H groups in total. The zero-order valence-corrected chi connectivity index (χ0v) is 8.84. The molecule has 4 nitrogen and oxygen atoms in total. The molecule has 88 valence electrons. The van der Waals surface area contributed by atoms with Crippen molar-refractivity contribution in [2.24, 2.45) is 5.73 Å². The minimum Gasteiger partial charge on any atom is -0.481 e. The number of carbonyl (C=O) groups is 1. The highest BCUT2D eigenvalue weighted by molar-refractivity contribution is 6.32. The van der Waals surface area contributed by atoms with E-state index in [9.17, 15) is 13.6 Å². The number of carboxylic acids is 1. The molecule has 0 radical (unpaired) electrons. The lowest BCUT2D eigenvalue weighted by atomic mass is 10.1. The van der Waals surface area contributed by atoms with Crippen molar-refractivity contribution in [2.75, 3.05) is 0 Å². The Morgan fingerprint density at radius 1 is 1.62 bits per heavy atom. The third kappa shape index (κ3) is 2.65. The van der Waals surface area contributed by atoms with Gasteiger partial charge in [-0.15, -0.1) is 0 Å². The monoisotopic (exact) mass is 250 g/mol. The van der Waals surface area contributed by atoms with E-state index in [0.717, 1.165) is 6.20 Å². The minimum absolute atomic E-state index is 0.0328. The van der Waals surface area contributed by atoms with Crippen LogP contribution in [0.25, 0.3) is 0 Å². The predicted octanol–water partition coefficient (Wildman–Crippen LogP) is 1.76. The Morgan fingerprint density at radius 3 is 2.69 bits per heavy atom. The topological polar surface area (TPSA) is 76.2 Å². The maximum atomic E-state index is 12.6. The van der Waals surface area contributed by atoms with Crippen molar-refractivity contribution in [3.05, 3.63) is 28.0 Å². The van der Waals surface area contributed by atoms with E-state index in [1.807, 2.05) is 0 Å². The molecule has 0 aliphatic rings. The lowest BCUT2D eigenvalue weighted by Gasteiger charge is -2.11. The molecule has 0 amide bonds. The molecular formula is C9H9ClF2N2O2. The first kappa shape index (κ1) is 12.8. The van der Waals surface area contributed by atoms with Crippen LogP contribution in [0.1, 0.15) is 23.2 Å². The molecule has 0 aliphatic heterocycles. The first-order valence-electron chi connectivity index (χ1n) is 4.33. The number of hydrogen-bond donors (Lipinski definition) is 2. The number of alkyl halides is 2. The highest BCUT2D eigenvalue weighted by Crippen LogP contribution is 2.29. The zero-order valence-electron chi connectivity index (χ0n) is 8.08. The molecule has 0 bridgehead atoms. The van der Waals surface area contributed by atoms with Crippen molar-refractivity contribution in [1.82, 2.24) is 4.98 Å². The number of halogens is 3. The Bertz CT molecular complexity index is 413. The number of rotatable bonds is 4. The van der Waals surface area contributed by atoms with Crippen molar-refractivity contribution in [1.29, 1.82) is 0 Å². The van der Waals surface area contributed by atoms with Crippen LogP contribution < -0.4 is 5.73 Å².